The molecule has 4 aromatic heterocycles. The van der Waals surface area contributed by atoms with Gasteiger partial charge in [0.05, 0.1) is 22.1 Å². The monoisotopic (exact) mass is 1780 g/mol. The quantitative estimate of drug-likeness (QED) is 0.101. The van der Waals surface area contributed by atoms with Gasteiger partial charge in [-0.3, -0.25) is 0 Å². The van der Waals surface area contributed by atoms with Crippen LogP contribution in [0.5, 0.6) is 0 Å². The molecule has 674 valence electrons. The number of hydrogen-bond acceptors (Lipinski definition) is 2. The predicted molar refractivity (Wildman–Crippen MR) is 588 cm³/mol. The summed E-state index contributed by atoms with van der Waals surface area (Å²) in [7, 11) is 0. The molecule has 0 N–H and O–H groups in total. The Labute approximate surface area is 808 Å². The van der Waals surface area contributed by atoms with Gasteiger partial charge < -0.3 is 28.1 Å². The molecule has 0 atom stereocenters. The number of anilines is 4. The summed E-state index contributed by atoms with van der Waals surface area (Å²) < 4.78 is 10.3. The Bertz CT molecular complexity index is 8120. The van der Waals surface area contributed by atoms with E-state index in [0.717, 1.165) is 11.4 Å². The summed E-state index contributed by atoms with van der Waals surface area (Å²) >= 11 is 0. The molecule has 0 radical (unpaired) electrons. The Morgan fingerprint density at radius 3 is 0.869 bits per heavy atom. The van der Waals surface area contributed by atoms with Crippen LogP contribution in [0.2, 0.25) is 0 Å². The summed E-state index contributed by atoms with van der Waals surface area (Å²) in [5, 5.41) is 10.1. The van der Waals surface area contributed by atoms with E-state index in [0.29, 0.717) is 26.2 Å². The number of nitrogens with zero attached hydrogens (tertiary/aromatic N) is 6. The zero-order valence-corrected chi connectivity index (χ0v) is 82.7. The molecule has 21 aromatic rings. The molecule has 137 heavy (non-hydrogen) atoms. The highest BCUT2D eigenvalue weighted by atomic mass is 15.2. The molecule has 0 saturated heterocycles. The van der Waals surface area contributed by atoms with E-state index in [1.165, 1.54) is 227 Å². The fourth-order valence-electron chi connectivity index (χ4n) is 22.6. The van der Waals surface area contributed by atoms with E-state index in [1.807, 2.05) is 0 Å². The van der Waals surface area contributed by atoms with Crippen LogP contribution in [0, 0.1) is 0 Å². The lowest BCUT2D eigenvalue weighted by Crippen LogP contribution is -2.62. The van der Waals surface area contributed by atoms with E-state index in [2.05, 4.69) is 511 Å². The predicted octanol–water partition coefficient (Wildman–Crippen LogP) is 32.5. The largest absolute Gasteiger partial charge is 0.338 e. The van der Waals surface area contributed by atoms with Gasteiger partial charge in [0, 0.05) is 125 Å². The molecule has 0 amide bonds. The minimum absolute atomic E-state index is 0.0546. The molecule has 0 bridgehead atoms. The molecule has 0 aliphatic carbocycles. The molecular weight excluding hydrogens is 1660 g/mol. The summed E-state index contributed by atoms with van der Waals surface area (Å²) in [6.07, 6.45) is 0. The van der Waals surface area contributed by atoms with Crippen molar-refractivity contribution in [3.05, 3.63) is 414 Å². The van der Waals surface area contributed by atoms with E-state index >= 15 is 0 Å². The molecule has 7 heteroatoms. The Kier molecular flexibility index (Phi) is 20.3. The molecule has 0 unspecified atom stereocenters. The van der Waals surface area contributed by atoms with Gasteiger partial charge in [0.15, 0.2) is 0 Å². The number of benzene rings is 17. The highest BCUT2D eigenvalue weighted by molar-refractivity contribution is 7.00. The van der Waals surface area contributed by atoms with Crippen molar-refractivity contribution in [2.75, 3.05) is 9.80 Å². The Balaban J connectivity index is 0.844. The smallest absolute Gasteiger partial charge is 0.252 e. The van der Waals surface area contributed by atoms with Crippen LogP contribution < -0.4 is 26.2 Å². The average Bonchev–Trinajstić information content (AvgIpc) is 1.57. The molecule has 2 aliphatic heterocycles. The van der Waals surface area contributed by atoms with Crippen molar-refractivity contribution >= 4 is 133 Å². The maximum Gasteiger partial charge on any atom is 0.252 e. The second-order valence-corrected chi connectivity index (χ2v) is 45.4. The van der Waals surface area contributed by atoms with E-state index < -0.39 is 0 Å². The molecule has 2 aliphatic rings. The minimum Gasteiger partial charge on any atom is -0.338 e. The van der Waals surface area contributed by atoms with Crippen LogP contribution >= 0.6 is 0 Å². The Hall–Kier alpha value is -14.4. The number of fused-ring (bicyclic) bond motifs is 16. The van der Waals surface area contributed by atoms with Crippen LogP contribution in [-0.4, -0.2) is 25.0 Å². The SMILES string of the molecule is CC(C)(C)c1cc(-c2ccccc2)c(CN2c3cc(Cn4c5ccc(C(C)(C)C)cc5c5cc(C(C)(C)C)ccc54)ccc3B3c4ccc(-n5c6ccc(C(C)(C)C)cc6c6cc(C(C)(C)C)ccc65)cc4N(Cc4c(-c5ccccc5)cc(C(C)(C)C)cc4-c4ccccc4)c4cc(Cn5c6ccccc6c6cc(-n7c8ccccc8c8ccccc87)ccc65)cc2c43)c(-c2ccccc2)c1. The van der Waals surface area contributed by atoms with Crippen molar-refractivity contribution in [1.29, 1.82) is 0 Å². The van der Waals surface area contributed by atoms with Crippen LogP contribution in [0.25, 0.3) is 143 Å². The molecular formula is C130H121BN6. The van der Waals surface area contributed by atoms with Crippen LogP contribution in [-0.2, 0) is 58.7 Å². The van der Waals surface area contributed by atoms with Gasteiger partial charge in [-0.05, 0) is 264 Å². The van der Waals surface area contributed by atoms with Crippen molar-refractivity contribution in [1.82, 2.24) is 18.3 Å². The van der Waals surface area contributed by atoms with E-state index in [9.17, 15) is 0 Å². The van der Waals surface area contributed by atoms with Crippen LogP contribution in [0.3, 0.4) is 0 Å². The lowest BCUT2D eigenvalue weighted by Gasteiger charge is -2.45. The van der Waals surface area contributed by atoms with Crippen molar-refractivity contribution in [2.24, 2.45) is 0 Å². The lowest BCUT2D eigenvalue weighted by molar-refractivity contribution is 0.590. The van der Waals surface area contributed by atoms with Crippen molar-refractivity contribution in [3.8, 4) is 55.9 Å². The summed E-state index contributed by atoms with van der Waals surface area (Å²) in [5.41, 5.74) is 42.3. The van der Waals surface area contributed by atoms with Gasteiger partial charge in [0.1, 0.15) is 0 Å². The summed E-state index contributed by atoms with van der Waals surface area (Å²) in [5.74, 6) is 0. The van der Waals surface area contributed by atoms with Crippen molar-refractivity contribution in [2.45, 2.75) is 183 Å². The van der Waals surface area contributed by atoms with Gasteiger partial charge in [-0.25, -0.2) is 0 Å². The van der Waals surface area contributed by atoms with E-state index in [4.69, 9.17) is 0 Å². The van der Waals surface area contributed by atoms with E-state index in [-0.39, 0.29) is 39.2 Å². The molecule has 0 saturated carbocycles. The molecule has 17 aromatic carbocycles. The standard InChI is InChI=1S/C130H121BN6/c1-125(2,3)88-52-60-113-103(68-88)104-69-89(126(4,5)6)53-61-114(104)132(113)78-82-51-58-110-120(65-82)134(80-108-99(84-37-23-19-24-38-84)72-92(129(13,14)15)73-100(108)85-39-25-20-26-40-85)122-66-83(79-133-112-48-34-31-47-98(112)107-76-94(57-64-115(107)133)136-116-49-35-32-45-96(116)97-46-33-36-50-117(97)136)67-123-124(122)131(110)111-59-56-95(137-118-62-54-90(127(7,8)9)70-105(118)106-71-91(128(10,11)12)55-63-119(106)137)77-121(111)135(123)81-109-101(86-41-27-21-28-42-86)74-93(130(16,17)18)75-102(109)87-43-29-22-30-44-87/h19-77H,78-81H2,1-18H3. The fraction of sp³-hybridized carbons (Fsp3) is 0.215. The second kappa shape index (κ2) is 32.1. The number of aromatic nitrogens is 4. The van der Waals surface area contributed by atoms with Crippen molar-refractivity contribution in [3.63, 3.8) is 0 Å². The first kappa shape index (κ1) is 86.7. The third-order valence-corrected chi connectivity index (χ3v) is 30.2. The second-order valence-electron chi connectivity index (χ2n) is 45.4. The zero-order valence-electron chi connectivity index (χ0n) is 82.7. The van der Waals surface area contributed by atoms with E-state index in [1.54, 1.807) is 0 Å². The van der Waals surface area contributed by atoms with Gasteiger partial charge in [-0.1, -0.05) is 367 Å². The first-order chi connectivity index (χ1) is 65.7. The summed E-state index contributed by atoms with van der Waals surface area (Å²) in [6.45, 7) is 44.5. The van der Waals surface area contributed by atoms with Crippen LogP contribution in [0.1, 0.15) is 180 Å². The zero-order chi connectivity index (χ0) is 94.4. The number of para-hydroxylation sites is 3. The maximum atomic E-state index is 2.82. The summed E-state index contributed by atoms with van der Waals surface area (Å²) in [6, 6.07) is 140. The van der Waals surface area contributed by atoms with Gasteiger partial charge in [-0.2, -0.15) is 0 Å². The van der Waals surface area contributed by atoms with Gasteiger partial charge in [0.2, 0.25) is 0 Å². The van der Waals surface area contributed by atoms with Gasteiger partial charge in [0.25, 0.3) is 6.71 Å². The van der Waals surface area contributed by atoms with Gasteiger partial charge in [-0.15, -0.1) is 0 Å². The average molecular weight is 1780 g/mol. The molecule has 23 rings (SSSR count). The first-order valence-corrected chi connectivity index (χ1v) is 49.4. The number of hydrogen-bond donors (Lipinski definition) is 0. The van der Waals surface area contributed by atoms with Gasteiger partial charge >= 0.3 is 0 Å². The molecule has 0 fully saturated rings. The normalized spacial score (nSPS) is 13.3. The maximum absolute atomic E-state index is 2.82. The molecule has 0 spiro atoms. The fourth-order valence-corrected chi connectivity index (χ4v) is 22.6. The van der Waals surface area contributed by atoms with Crippen molar-refractivity contribution < 1.29 is 0 Å². The highest BCUT2D eigenvalue weighted by Gasteiger charge is 2.45. The summed E-state index contributed by atoms with van der Waals surface area (Å²) in [4.78, 5) is 5.63. The number of rotatable bonds is 14. The topological polar surface area (TPSA) is 26.2 Å². The first-order valence-electron chi connectivity index (χ1n) is 49.4. The lowest BCUT2D eigenvalue weighted by atomic mass is 9.33. The minimum atomic E-state index is -0.250. The molecule has 6 nitrogen and oxygen atoms in total. The Morgan fingerprint density at radius 2 is 0.482 bits per heavy atom. The highest BCUT2D eigenvalue weighted by Crippen LogP contribution is 2.51. The van der Waals surface area contributed by atoms with Crippen LogP contribution in [0.15, 0.2) is 358 Å². The third-order valence-electron chi connectivity index (χ3n) is 30.2. The van der Waals surface area contributed by atoms with Crippen LogP contribution in [0.4, 0.5) is 22.7 Å². The third kappa shape index (κ3) is 14.9. The Morgan fingerprint density at radius 1 is 0.204 bits per heavy atom. The molecule has 6 heterocycles.